The summed E-state index contributed by atoms with van der Waals surface area (Å²) in [6.45, 7) is 0. The smallest absolute Gasteiger partial charge is 0.0415 e. The van der Waals surface area contributed by atoms with Gasteiger partial charge in [-0.15, -0.1) is 11.3 Å². The molecule has 88 valence electrons. The van der Waals surface area contributed by atoms with Crippen LogP contribution in [0.15, 0.2) is 6.07 Å². The summed E-state index contributed by atoms with van der Waals surface area (Å²) in [7, 11) is 2.12. The molecular formula is C14H21NS. The van der Waals surface area contributed by atoms with Gasteiger partial charge in [-0.3, -0.25) is 0 Å². The predicted molar refractivity (Wildman–Crippen MR) is 70.1 cm³/mol. The molecule has 1 aromatic heterocycles. The highest BCUT2D eigenvalue weighted by Gasteiger charge is 2.24. The van der Waals surface area contributed by atoms with Gasteiger partial charge in [-0.25, -0.2) is 0 Å². The van der Waals surface area contributed by atoms with Crippen molar-refractivity contribution in [2.24, 2.45) is 5.92 Å². The van der Waals surface area contributed by atoms with Gasteiger partial charge >= 0.3 is 0 Å². The quantitative estimate of drug-likeness (QED) is 0.839. The van der Waals surface area contributed by atoms with E-state index in [4.69, 9.17) is 0 Å². The minimum absolute atomic E-state index is 0.626. The van der Waals surface area contributed by atoms with Crippen molar-refractivity contribution in [3.05, 3.63) is 21.4 Å². The third-order valence-corrected chi connectivity index (χ3v) is 5.60. The lowest BCUT2D eigenvalue weighted by atomic mass is 9.80. The van der Waals surface area contributed by atoms with Crippen LogP contribution >= 0.6 is 11.3 Å². The summed E-state index contributed by atoms with van der Waals surface area (Å²) in [5, 5.41) is 3.52. The van der Waals surface area contributed by atoms with E-state index in [9.17, 15) is 0 Å². The topological polar surface area (TPSA) is 12.0 Å². The van der Waals surface area contributed by atoms with Crippen LogP contribution in [0.5, 0.6) is 0 Å². The Kier molecular flexibility index (Phi) is 3.03. The Morgan fingerprint density at radius 1 is 1.38 bits per heavy atom. The summed E-state index contributed by atoms with van der Waals surface area (Å²) in [5.41, 5.74) is 1.65. The molecule has 0 aliphatic heterocycles. The maximum absolute atomic E-state index is 3.52. The molecule has 1 aromatic rings. The summed E-state index contributed by atoms with van der Waals surface area (Å²) in [5.74, 6) is 0.995. The first-order valence-electron chi connectivity index (χ1n) is 6.65. The third-order valence-electron chi connectivity index (χ3n) is 4.25. The van der Waals surface area contributed by atoms with Crippen LogP contribution in [0, 0.1) is 5.92 Å². The second-order valence-electron chi connectivity index (χ2n) is 5.32. The lowest BCUT2D eigenvalue weighted by Gasteiger charge is -2.29. The summed E-state index contributed by atoms with van der Waals surface area (Å²) in [6.07, 6.45) is 9.78. The van der Waals surface area contributed by atoms with Crippen LogP contribution in [0.25, 0.3) is 0 Å². The average molecular weight is 235 g/mol. The molecule has 0 spiro atoms. The van der Waals surface area contributed by atoms with E-state index in [-0.39, 0.29) is 0 Å². The van der Waals surface area contributed by atoms with E-state index in [2.05, 4.69) is 29.8 Å². The number of rotatable bonds is 4. The van der Waals surface area contributed by atoms with Gasteiger partial charge in [0, 0.05) is 15.8 Å². The zero-order chi connectivity index (χ0) is 11.0. The zero-order valence-electron chi connectivity index (χ0n) is 10.1. The predicted octanol–water partition coefficient (Wildman–Crippen LogP) is 3.69. The Bertz CT molecular complexity index is 343. The molecule has 2 aliphatic rings. The van der Waals surface area contributed by atoms with Gasteiger partial charge in [-0.05, 0) is 50.3 Å². The number of hydrogen-bond donors (Lipinski definition) is 1. The maximum atomic E-state index is 3.52. The second-order valence-corrected chi connectivity index (χ2v) is 6.49. The minimum Gasteiger partial charge on any atom is -0.312 e. The van der Waals surface area contributed by atoms with Crippen molar-refractivity contribution < 1.29 is 0 Å². The number of hydrogen-bond acceptors (Lipinski definition) is 2. The summed E-state index contributed by atoms with van der Waals surface area (Å²) in [6, 6.07) is 3.10. The molecule has 1 N–H and O–H groups in total. The molecule has 1 heterocycles. The molecule has 2 aliphatic carbocycles. The van der Waals surface area contributed by atoms with Gasteiger partial charge in [-0.2, -0.15) is 0 Å². The summed E-state index contributed by atoms with van der Waals surface area (Å²) >= 11 is 2.07. The molecule has 0 aromatic carbocycles. The highest BCUT2D eigenvalue weighted by Crippen LogP contribution is 2.39. The Hall–Kier alpha value is -0.340. The summed E-state index contributed by atoms with van der Waals surface area (Å²) < 4.78 is 0. The Morgan fingerprint density at radius 2 is 2.25 bits per heavy atom. The first-order valence-corrected chi connectivity index (χ1v) is 7.47. The van der Waals surface area contributed by atoms with Crippen LogP contribution in [0.4, 0.5) is 0 Å². The largest absolute Gasteiger partial charge is 0.312 e. The maximum Gasteiger partial charge on any atom is 0.0415 e. The van der Waals surface area contributed by atoms with Crippen LogP contribution in [0.1, 0.15) is 53.5 Å². The molecule has 1 unspecified atom stereocenters. The summed E-state index contributed by atoms with van der Waals surface area (Å²) in [4.78, 5) is 3.27. The fourth-order valence-electron chi connectivity index (χ4n) is 2.96. The van der Waals surface area contributed by atoms with E-state index >= 15 is 0 Å². The van der Waals surface area contributed by atoms with Crippen molar-refractivity contribution in [1.82, 2.24) is 5.32 Å². The van der Waals surface area contributed by atoms with Crippen LogP contribution in [-0.2, 0) is 12.8 Å². The van der Waals surface area contributed by atoms with Crippen molar-refractivity contribution in [1.29, 1.82) is 0 Å². The van der Waals surface area contributed by atoms with E-state index in [1.165, 1.54) is 44.9 Å². The van der Waals surface area contributed by atoms with E-state index in [1.54, 1.807) is 15.3 Å². The van der Waals surface area contributed by atoms with Gasteiger partial charge in [0.05, 0.1) is 0 Å². The average Bonchev–Trinajstić information content (AvgIpc) is 2.76. The van der Waals surface area contributed by atoms with Crippen molar-refractivity contribution in [2.75, 3.05) is 7.05 Å². The zero-order valence-corrected chi connectivity index (χ0v) is 10.9. The molecule has 1 saturated carbocycles. The molecule has 1 nitrogen and oxygen atoms in total. The molecule has 16 heavy (non-hydrogen) atoms. The van der Waals surface area contributed by atoms with Gasteiger partial charge in [0.2, 0.25) is 0 Å². The number of thiophene rings is 1. The van der Waals surface area contributed by atoms with E-state index in [0.29, 0.717) is 6.04 Å². The van der Waals surface area contributed by atoms with E-state index in [1.807, 2.05) is 0 Å². The normalized spacial score (nSPS) is 21.8. The minimum atomic E-state index is 0.626. The second kappa shape index (κ2) is 4.50. The molecule has 2 heteroatoms. The SMILES string of the molecule is CNC(CC1CCC1)c1cc2c(s1)CCC2. The number of nitrogens with one attached hydrogen (secondary N) is 1. The molecule has 0 amide bonds. The van der Waals surface area contributed by atoms with Gasteiger partial charge < -0.3 is 5.32 Å². The van der Waals surface area contributed by atoms with E-state index < -0.39 is 0 Å². The van der Waals surface area contributed by atoms with Gasteiger partial charge in [0.15, 0.2) is 0 Å². The van der Waals surface area contributed by atoms with Crippen molar-refractivity contribution >= 4 is 11.3 Å². The van der Waals surface area contributed by atoms with Gasteiger partial charge in [0.1, 0.15) is 0 Å². The standard InChI is InChI=1S/C14H21NS/c1-15-12(8-10-4-2-5-10)14-9-11-6-3-7-13(11)16-14/h9-10,12,15H,2-8H2,1H3. The fourth-order valence-corrected chi connectivity index (χ4v) is 4.34. The first-order chi connectivity index (χ1) is 7.86. The fraction of sp³-hybridized carbons (Fsp3) is 0.714. The first kappa shape index (κ1) is 10.8. The highest BCUT2D eigenvalue weighted by atomic mass is 32.1. The highest BCUT2D eigenvalue weighted by molar-refractivity contribution is 7.12. The lowest BCUT2D eigenvalue weighted by molar-refractivity contribution is 0.267. The van der Waals surface area contributed by atoms with E-state index in [0.717, 1.165) is 5.92 Å². The molecule has 0 bridgehead atoms. The molecule has 1 atom stereocenters. The molecule has 0 saturated heterocycles. The van der Waals surface area contributed by atoms with Crippen molar-refractivity contribution in [2.45, 2.75) is 51.0 Å². The molecule has 0 radical (unpaired) electrons. The van der Waals surface area contributed by atoms with Crippen molar-refractivity contribution in [3.8, 4) is 0 Å². The number of aryl methyl sites for hydroxylation is 2. The van der Waals surface area contributed by atoms with Gasteiger partial charge in [-0.1, -0.05) is 19.3 Å². The lowest BCUT2D eigenvalue weighted by Crippen LogP contribution is -2.22. The molecule has 1 fully saturated rings. The Labute approximate surface area is 102 Å². The monoisotopic (exact) mass is 235 g/mol. The van der Waals surface area contributed by atoms with Crippen LogP contribution < -0.4 is 5.32 Å². The van der Waals surface area contributed by atoms with Crippen LogP contribution in [-0.4, -0.2) is 7.05 Å². The van der Waals surface area contributed by atoms with Crippen LogP contribution in [0.3, 0.4) is 0 Å². The van der Waals surface area contributed by atoms with Crippen LogP contribution in [0.2, 0.25) is 0 Å². The Balaban J connectivity index is 1.72. The third kappa shape index (κ3) is 1.93. The molecular weight excluding hydrogens is 214 g/mol. The molecule has 3 rings (SSSR count). The van der Waals surface area contributed by atoms with Crippen molar-refractivity contribution in [3.63, 3.8) is 0 Å². The van der Waals surface area contributed by atoms with Gasteiger partial charge in [0.25, 0.3) is 0 Å². The number of fused-ring (bicyclic) bond motifs is 1. The Morgan fingerprint density at radius 3 is 2.88 bits per heavy atom.